The van der Waals surface area contributed by atoms with Crippen LogP contribution in [-0.4, -0.2) is 54.1 Å². The van der Waals surface area contributed by atoms with Crippen molar-refractivity contribution in [2.45, 2.75) is 33.7 Å². The molecular formula is C13H25N3O4. The van der Waals surface area contributed by atoms with Crippen molar-refractivity contribution in [1.82, 2.24) is 15.5 Å². The van der Waals surface area contributed by atoms with E-state index in [0.29, 0.717) is 12.5 Å². The number of carbonyl (C=O) groups is 3. The molecule has 0 aliphatic heterocycles. The second kappa shape index (κ2) is 8.39. The molecule has 1 atom stereocenters. The Balaban J connectivity index is 4.33. The molecule has 0 spiro atoms. The van der Waals surface area contributed by atoms with Crippen molar-refractivity contribution >= 4 is 17.9 Å². The number of hydrogen-bond donors (Lipinski definition) is 3. The molecule has 3 amide bonds. The molecule has 20 heavy (non-hydrogen) atoms. The maximum absolute atomic E-state index is 11.8. The van der Waals surface area contributed by atoms with Gasteiger partial charge in [-0.05, 0) is 11.8 Å². The van der Waals surface area contributed by atoms with Crippen molar-refractivity contribution < 1.29 is 19.5 Å². The molecule has 0 unspecified atom stereocenters. The summed E-state index contributed by atoms with van der Waals surface area (Å²) in [6.07, 6.45) is 0. The highest BCUT2D eigenvalue weighted by molar-refractivity contribution is 5.86. The Morgan fingerprint density at radius 3 is 2.10 bits per heavy atom. The van der Waals surface area contributed by atoms with Crippen molar-refractivity contribution in [2.24, 2.45) is 11.8 Å². The molecule has 0 fully saturated rings. The van der Waals surface area contributed by atoms with E-state index in [1.54, 1.807) is 13.8 Å². The Kier molecular flexibility index (Phi) is 7.64. The van der Waals surface area contributed by atoms with E-state index in [-0.39, 0.29) is 18.4 Å². The van der Waals surface area contributed by atoms with Crippen LogP contribution in [-0.2, 0) is 9.59 Å². The first-order chi connectivity index (χ1) is 9.15. The minimum absolute atomic E-state index is 0.108. The SMILES string of the molecule is CC(C)CNC(=O)CN(C)C(=O)N[C@@H](C(=O)O)C(C)C. The van der Waals surface area contributed by atoms with Crippen LogP contribution in [0.5, 0.6) is 0 Å². The molecule has 0 saturated heterocycles. The van der Waals surface area contributed by atoms with Crippen LogP contribution in [0.25, 0.3) is 0 Å². The zero-order valence-corrected chi connectivity index (χ0v) is 12.8. The van der Waals surface area contributed by atoms with Crippen LogP contribution >= 0.6 is 0 Å². The quantitative estimate of drug-likeness (QED) is 0.635. The van der Waals surface area contributed by atoms with Gasteiger partial charge in [-0.15, -0.1) is 0 Å². The van der Waals surface area contributed by atoms with Crippen LogP contribution < -0.4 is 10.6 Å². The molecule has 0 aliphatic rings. The van der Waals surface area contributed by atoms with Gasteiger partial charge in [0.05, 0.1) is 0 Å². The number of aliphatic carboxylic acids is 1. The van der Waals surface area contributed by atoms with Crippen molar-refractivity contribution in [1.29, 1.82) is 0 Å². The van der Waals surface area contributed by atoms with Crippen molar-refractivity contribution in [3.63, 3.8) is 0 Å². The zero-order valence-electron chi connectivity index (χ0n) is 12.8. The molecule has 0 saturated carbocycles. The first-order valence-electron chi connectivity index (χ1n) is 6.66. The first-order valence-corrected chi connectivity index (χ1v) is 6.66. The fourth-order valence-corrected chi connectivity index (χ4v) is 1.42. The van der Waals surface area contributed by atoms with E-state index < -0.39 is 18.0 Å². The van der Waals surface area contributed by atoms with Gasteiger partial charge in [0.15, 0.2) is 0 Å². The fraction of sp³-hybridized carbons (Fsp3) is 0.769. The predicted octanol–water partition coefficient (Wildman–Crippen LogP) is 0.509. The minimum Gasteiger partial charge on any atom is -0.480 e. The summed E-state index contributed by atoms with van der Waals surface area (Å²) in [6.45, 7) is 7.78. The molecule has 0 rings (SSSR count). The predicted molar refractivity (Wildman–Crippen MR) is 75.3 cm³/mol. The Morgan fingerprint density at radius 1 is 1.15 bits per heavy atom. The second-order valence-electron chi connectivity index (χ2n) is 5.56. The third-order valence-electron chi connectivity index (χ3n) is 2.65. The monoisotopic (exact) mass is 287 g/mol. The average Bonchev–Trinajstić information content (AvgIpc) is 2.32. The number of nitrogens with zero attached hydrogens (tertiary/aromatic N) is 1. The normalized spacial score (nSPS) is 12.2. The maximum Gasteiger partial charge on any atom is 0.326 e. The molecule has 0 aromatic heterocycles. The minimum atomic E-state index is -1.09. The van der Waals surface area contributed by atoms with E-state index in [2.05, 4.69) is 10.6 Å². The summed E-state index contributed by atoms with van der Waals surface area (Å²) in [5, 5.41) is 14.1. The number of urea groups is 1. The highest BCUT2D eigenvalue weighted by Gasteiger charge is 2.25. The highest BCUT2D eigenvalue weighted by atomic mass is 16.4. The van der Waals surface area contributed by atoms with Gasteiger partial charge in [0.2, 0.25) is 5.91 Å². The van der Waals surface area contributed by atoms with Crippen LogP contribution in [0.4, 0.5) is 4.79 Å². The van der Waals surface area contributed by atoms with E-state index in [0.717, 1.165) is 4.90 Å². The number of carboxylic acid groups (broad SMARTS) is 1. The number of hydrogen-bond acceptors (Lipinski definition) is 3. The summed E-state index contributed by atoms with van der Waals surface area (Å²) in [6, 6.07) is -1.55. The van der Waals surface area contributed by atoms with Gasteiger partial charge in [0, 0.05) is 13.6 Å². The molecule has 3 N–H and O–H groups in total. The van der Waals surface area contributed by atoms with Gasteiger partial charge in [0.1, 0.15) is 12.6 Å². The Labute approximate surface area is 119 Å². The lowest BCUT2D eigenvalue weighted by atomic mass is 10.1. The number of rotatable bonds is 7. The number of carbonyl (C=O) groups excluding carboxylic acids is 2. The van der Waals surface area contributed by atoms with E-state index in [9.17, 15) is 14.4 Å². The molecular weight excluding hydrogens is 262 g/mol. The average molecular weight is 287 g/mol. The largest absolute Gasteiger partial charge is 0.480 e. The Bertz CT molecular complexity index is 356. The summed E-state index contributed by atoms with van der Waals surface area (Å²) in [7, 11) is 1.45. The lowest BCUT2D eigenvalue weighted by Gasteiger charge is -2.23. The van der Waals surface area contributed by atoms with Crippen molar-refractivity contribution in [3.8, 4) is 0 Å². The van der Waals surface area contributed by atoms with Crippen molar-refractivity contribution in [3.05, 3.63) is 0 Å². The Hall–Kier alpha value is -1.79. The van der Waals surface area contributed by atoms with E-state index >= 15 is 0 Å². The van der Waals surface area contributed by atoms with Crippen LogP contribution in [0.2, 0.25) is 0 Å². The third-order valence-corrected chi connectivity index (χ3v) is 2.65. The van der Waals surface area contributed by atoms with E-state index in [4.69, 9.17) is 5.11 Å². The van der Waals surface area contributed by atoms with Gasteiger partial charge in [-0.1, -0.05) is 27.7 Å². The molecule has 0 aromatic carbocycles. The van der Waals surface area contributed by atoms with Gasteiger partial charge in [-0.2, -0.15) is 0 Å². The highest BCUT2D eigenvalue weighted by Crippen LogP contribution is 2.02. The molecule has 7 heteroatoms. The van der Waals surface area contributed by atoms with Crippen LogP contribution in [0.3, 0.4) is 0 Å². The molecule has 0 bridgehead atoms. The summed E-state index contributed by atoms with van der Waals surface area (Å²) in [5.41, 5.74) is 0. The van der Waals surface area contributed by atoms with Crippen LogP contribution in [0.15, 0.2) is 0 Å². The molecule has 116 valence electrons. The molecule has 0 heterocycles. The van der Waals surface area contributed by atoms with Gasteiger partial charge < -0.3 is 20.6 Å². The van der Waals surface area contributed by atoms with Crippen molar-refractivity contribution in [2.75, 3.05) is 20.1 Å². The molecule has 0 aliphatic carbocycles. The van der Waals surface area contributed by atoms with Gasteiger partial charge in [-0.3, -0.25) is 4.79 Å². The molecule has 7 nitrogen and oxygen atoms in total. The summed E-state index contributed by atoms with van der Waals surface area (Å²) in [4.78, 5) is 35.5. The number of likely N-dealkylation sites (N-methyl/N-ethyl adjacent to an activating group) is 1. The first kappa shape index (κ1) is 18.2. The van der Waals surface area contributed by atoms with Gasteiger partial charge >= 0.3 is 12.0 Å². The van der Waals surface area contributed by atoms with Crippen LogP contribution in [0.1, 0.15) is 27.7 Å². The summed E-state index contributed by atoms with van der Waals surface area (Å²) in [5.74, 6) is -1.27. The molecule has 0 aromatic rings. The second-order valence-corrected chi connectivity index (χ2v) is 5.56. The number of amides is 3. The number of carboxylic acids is 1. The maximum atomic E-state index is 11.8. The smallest absolute Gasteiger partial charge is 0.326 e. The Morgan fingerprint density at radius 2 is 1.70 bits per heavy atom. The fourth-order valence-electron chi connectivity index (χ4n) is 1.42. The van der Waals surface area contributed by atoms with E-state index in [1.807, 2.05) is 13.8 Å². The van der Waals surface area contributed by atoms with Crippen LogP contribution in [0, 0.1) is 11.8 Å². The van der Waals surface area contributed by atoms with Gasteiger partial charge in [0.25, 0.3) is 0 Å². The zero-order chi connectivity index (χ0) is 15.9. The van der Waals surface area contributed by atoms with Gasteiger partial charge in [-0.25, -0.2) is 9.59 Å². The summed E-state index contributed by atoms with van der Waals surface area (Å²) >= 11 is 0. The summed E-state index contributed by atoms with van der Waals surface area (Å²) < 4.78 is 0. The topological polar surface area (TPSA) is 98.7 Å². The lowest BCUT2D eigenvalue weighted by molar-refractivity contribution is -0.140. The van der Waals surface area contributed by atoms with E-state index in [1.165, 1.54) is 7.05 Å². The standard InChI is InChI=1S/C13H25N3O4/c1-8(2)6-14-10(17)7-16(5)13(20)15-11(9(3)4)12(18)19/h8-9,11H,6-7H2,1-5H3,(H,14,17)(H,15,20)(H,18,19)/t11-/m1/s1. The lowest BCUT2D eigenvalue weighted by Crippen LogP contribution is -2.51. The number of nitrogens with one attached hydrogen (secondary N) is 2. The molecule has 0 radical (unpaired) electrons. The third kappa shape index (κ3) is 6.96.